The lowest BCUT2D eigenvalue weighted by molar-refractivity contribution is 0.403. The molecule has 0 amide bonds. The van der Waals surface area contributed by atoms with Gasteiger partial charge in [0.15, 0.2) is 0 Å². The molecule has 0 aliphatic heterocycles. The van der Waals surface area contributed by atoms with Crippen LogP contribution in [0.3, 0.4) is 0 Å². The van der Waals surface area contributed by atoms with Gasteiger partial charge in [0.2, 0.25) is 5.88 Å². The Kier molecular flexibility index (Phi) is 3.79. The Labute approximate surface area is 107 Å². The van der Waals surface area contributed by atoms with Crippen molar-refractivity contribution in [1.82, 2.24) is 4.98 Å². The van der Waals surface area contributed by atoms with Crippen molar-refractivity contribution in [1.29, 1.82) is 0 Å². The van der Waals surface area contributed by atoms with Gasteiger partial charge >= 0.3 is 0 Å². The van der Waals surface area contributed by atoms with Crippen molar-refractivity contribution in [3.05, 3.63) is 36.0 Å². The molecule has 0 fully saturated rings. The number of ether oxygens (including phenoxy) is 1. The Morgan fingerprint density at radius 3 is 2.56 bits per heavy atom. The molecule has 4 heteroatoms. The van der Waals surface area contributed by atoms with Crippen LogP contribution in [-0.4, -0.2) is 24.7 Å². The molecule has 2 aromatic rings. The minimum atomic E-state index is -0.0661. The number of rotatable bonds is 4. The van der Waals surface area contributed by atoms with Crippen molar-refractivity contribution in [2.45, 2.75) is 18.9 Å². The monoisotopic (exact) mass is 245 g/mol. The molecular formula is C14H19N3O. The highest BCUT2D eigenvalue weighted by atomic mass is 16.5. The molecule has 0 spiro atoms. The van der Waals surface area contributed by atoms with Gasteiger partial charge in [-0.05, 0) is 22.9 Å². The van der Waals surface area contributed by atoms with Crippen LogP contribution in [0.25, 0.3) is 10.8 Å². The molecule has 1 heterocycles. The third-order valence-corrected chi connectivity index (χ3v) is 3.39. The first kappa shape index (κ1) is 12.8. The van der Waals surface area contributed by atoms with Gasteiger partial charge in [0, 0.05) is 24.2 Å². The molecule has 18 heavy (non-hydrogen) atoms. The fourth-order valence-corrected chi connectivity index (χ4v) is 2.15. The van der Waals surface area contributed by atoms with E-state index in [0.29, 0.717) is 12.4 Å². The first-order valence-corrected chi connectivity index (χ1v) is 6.06. The van der Waals surface area contributed by atoms with Gasteiger partial charge in [-0.25, -0.2) is 4.98 Å². The van der Waals surface area contributed by atoms with Gasteiger partial charge in [0.1, 0.15) is 0 Å². The van der Waals surface area contributed by atoms with E-state index in [2.05, 4.69) is 18.0 Å². The number of nitrogens with zero attached hydrogens (tertiary/aromatic N) is 1. The van der Waals surface area contributed by atoms with Crippen molar-refractivity contribution in [3.63, 3.8) is 0 Å². The van der Waals surface area contributed by atoms with Crippen molar-refractivity contribution in [2.75, 3.05) is 13.7 Å². The molecule has 0 bridgehead atoms. The molecule has 2 rings (SSSR count). The summed E-state index contributed by atoms with van der Waals surface area (Å²) in [4.78, 5) is 4.34. The summed E-state index contributed by atoms with van der Waals surface area (Å²) in [5, 5.41) is 2.13. The van der Waals surface area contributed by atoms with E-state index in [0.717, 1.165) is 16.3 Å². The van der Waals surface area contributed by atoms with Crippen LogP contribution in [0, 0.1) is 0 Å². The van der Waals surface area contributed by atoms with Crippen LogP contribution in [0.15, 0.2) is 30.5 Å². The highest BCUT2D eigenvalue weighted by Gasteiger charge is 2.17. The number of benzene rings is 1. The van der Waals surface area contributed by atoms with Crippen molar-refractivity contribution >= 4 is 10.8 Å². The van der Waals surface area contributed by atoms with Gasteiger partial charge in [-0.15, -0.1) is 0 Å². The molecule has 0 saturated heterocycles. The summed E-state index contributed by atoms with van der Waals surface area (Å²) < 4.78 is 5.28. The average molecular weight is 245 g/mol. The largest absolute Gasteiger partial charge is 0.481 e. The van der Waals surface area contributed by atoms with Gasteiger partial charge in [0.05, 0.1) is 7.11 Å². The minimum absolute atomic E-state index is 0.0661. The third kappa shape index (κ3) is 2.17. The second-order valence-electron chi connectivity index (χ2n) is 4.46. The van der Waals surface area contributed by atoms with E-state index in [1.165, 1.54) is 0 Å². The van der Waals surface area contributed by atoms with E-state index in [9.17, 15) is 0 Å². The maximum Gasteiger partial charge on any atom is 0.221 e. The van der Waals surface area contributed by atoms with Crippen LogP contribution in [-0.2, 0) is 0 Å². The molecule has 1 aromatic carbocycles. The Hall–Kier alpha value is -1.65. The van der Waals surface area contributed by atoms with Crippen LogP contribution in [0.1, 0.15) is 18.4 Å². The van der Waals surface area contributed by atoms with E-state index in [-0.39, 0.29) is 12.0 Å². The lowest BCUT2D eigenvalue weighted by Gasteiger charge is -2.20. The Bertz CT molecular complexity index is 542. The normalized spacial score (nSPS) is 14.4. The summed E-state index contributed by atoms with van der Waals surface area (Å²) in [6, 6.07) is 7.99. The van der Waals surface area contributed by atoms with Crippen LogP contribution in [0.2, 0.25) is 0 Å². The Morgan fingerprint density at radius 1 is 1.28 bits per heavy atom. The zero-order chi connectivity index (χ0) is 13.1. The average Bonchev–Trinajstić information content (AvgIpc) is 2.44. The second kappa shape index (κ2) is 5.33. The van der Waals surface area contributed by atoms with Crippen molar-refractivity contribution in [2.24, 2.45) is 11.5 Å². The van der Waals surface area contributed by atoms with Gasteiger partial charge < -0.3 is 16.2 Å². The summed E-state index contributed by atoms with van der Waals surface area (Å²) in [5.74, 6) is 0.807. The van der Waals surface area contributed by atoms with E-state index < -0.39 is 0 Å². The molecule has 4 N–H and O–H groups in total. The number of methoxy groups -OCH3 is 1. The number of hydrogen-bond acceptors (Lipinski definition) is 4. The topological polar surface area (TPSA) is 74.2 Å². The smallest absolute Gasteiger partial charge is 0.221 e. The first-order chi connectivity index (χ1) is 8.69. The zero-order valence-corrected chi connectivity index (χ0v) is 10.8. The Balaban J connectivity index is 2.59. The lowest BCUT2D eigenvalue weighted by Crippen LogP contribution is -2.34. The minimum Gasteiger partial charge on any atom is -0.481 e. The quantitative estimate of drug-likeness (QED) is 0.858. The Morgan fingerprint density at radius 2 is 1.94 bits per heavy atom. The summed E-state index contributed by atoms with van der Waals surface area (Å²) in [5.41, 5.74) is 12.8. The molecule has 0 saturated carbocycles. The summed E-state index contributed by atoms with van der Waals surface area (Å²) in [6.07, 6.45) is 1.83. The summed E-state index contributed by atoms with van der Waals surface area (Å²) in [7, 11) is 1.63. The molecule has 4 nitrogen and oxygen atoms in total. The molecule has 0 aliphatic carbocycles. The fraction of sp³-hybridized carbons (Fsp3) is 0.357. The van der Waals surface area contributed by atoms with Crippen molar-refractivity contribution in [3.8, 4) is 5.88 Å². The summed E-state index contributed by atoms with van der Waals surface area (Å²) >= 11 is 0. The highest BCUT2D eigenvalue weighted by molar-refractivity contribution is 5.89. The molecule has 96 valence electrons. The van der Waals surface area contributed by atoms with Crippen LogP contribution in [0.4, 0.5) is 0 Å². The van der Waals surface area contributed by atoms with Gasteiger partial charge in [-0.1, -0.05) is 25.1 Å². The van der Waals surface area contributed by atoms with Crippen molar-refractivity contribution < 1.29 is 4.74 Å². The SMILES string of the molecule is COc1ncc(C(C)C(N)CN)c2ccccc12. The molecule has 0 radical (unpaired) electrons. The van der Waals surface area contributed by atoms with Gasteiger partial charge in [-0.3, -0.25) is 0 Å². The number of hydrogen-bond donors (Lipinski definition) is 2. The predicted molar refractivity (Wildman–Crippen MR) is 73.7 cm³/mol. The van der Waals surface area contributed by atoms with E-state index >= 15 is 0 Å². The van der Waals surface area contributed by atoms with E-state index in [1.54, 1.807) is 7.11 Å². The van der Waals surface area contributed by atoms with E-state index in [1.807, 2.05) is 24.4 Å². The number of pyridine rings is 1. The molecule has 0 aliphatic rings. The molecule has 1 aromatic heterocycles. The lowest BCUT2D eigenvalue weighted by atomic mass is 9.91. The van der Waals surface area contributed by atoms with Crippen LogP contribution >= 0.6 is 0 Å². The van der Waals surface area contributed by atoms with Gasteiger partial charge in [0.25, 0.3) is 0 Å². The number of aromatic nitrogens is 1. The second-order valence-corrected chi connectivity index (χ2v) is 4.46. The standard InChI is InChI=1S/C14H19N3O/c1-9(13(16)7-15)12-8-17-14(18-2)11-6-4-3-5-10(11)12/h3-6,8-9,13H,7,15-16H2,1-2H3. The maximum atomic E-state index is 6.03. The third-order valence-electron chi connectivity index (χ3n) is 3.39. The zero-order valence-electron chi connectivity index (χ0n) is 10.8. The summed E-state index contributed by atoms with van der Waals surface area (Å²) in [6.45, 7) is 2.54. The highest BCUT2D eigenvalue weighted by Crippen LogP contribution is 2.30. The fourth-order valence-electron chi connectivity index (χ4n) is 2.15. The number of nitrogens with two attached hydrogens (primary N) is 2. The van der Waals surface area contributed by atoms with E-state index in [4.69, 9.17) is 16.2 Å². The van der Waals surface area contributed by atoms with Gasteiger partial charge in [-0.2, -0.15) is 0 Å². The van der Waals surface area contributed by atoms with Crippen LogP contribution < -0.4 is 16.2 Å². The predicted octanol–water partition coefficient (Wildman–Crippen LogP) is 1.63. The number of fused-ring (bicyclic) bond motifs is 1. The van der Waals surface area contributed by atoms with Crippen LogP contribution in [0.5, 0.6) is 5.88 Å². The molecular weight excluding hydrogens is 226 g/mol. The molecule has 2 atom stereocenters. The maximum absolute atomic E-state index is 6.03. The molecule has 2 unspecified atom stereocenters. The first-order valence-electron chi connectivity index (χ1n) is 6.06.